The van der Waals surface area contributed by atoms with E-state index in [1.807, 2.05) is 0 Å². The SMILES string of the molecule is NCCOc1ccc(Nc2cccc(F)c2[N+](=O)[O-])cc1. The number of hydrogen-bond donors (Lipinski definition) is 2. The molecule has 0 saturated carbocycles. The van der Waals surface area contributed by atoms with Crippen LogP contribution in [0.3, 0.4) is 0 Å². The van der Waals surface area contributed by atoms with Gasteiger partial charge in [0.05, 0.1) is 4.92 Å². The summed E-state index contributed by atoms with van der Waals surface area (Å²) in [6.45, 7) is 0.817. The van der Waals surface area contributed by atoms with Crippen LogP contribution in [0.4, 0.5) is 21.5 Å². The molecule has 6 nitrogen and oxygen atoms in total. The zero-order chi connectivity index (χ0) is 15.2. The number of nitrogens with two attached hydrogens (primary N) is 1. The highest BCUT2D eigenvalue weighted by Gasteiger charge is 2.19. The molecule has 110 valence electrons. The van der Waals surface area contributed by atoms with E-state index in [-0.39, 0.29) is 5.69 Å². The fourth-order valence-electron chi connectivity index (χ4n) is 1.77. The van der Waals surface area contributed by atoms with Crippen LogP contribution in [0.25, 0.3) is 0 Å². The van der Waals surface area contributed by atoms with Gasteiger partial charge in [-0.15, -0.1) is 0 Å². The minimum absolute atomic E-state index is 0.0932. The van der Waals surface area contributed by atoms with Crippen molar-refractivity contribution in [3.05, 3.63) is 58.4 Å². The highest BCUT2D eigenvalue weighted by atomic mass is 19.1. The number of nitro benzene ring substituents is 1. The summed E-state index contributed by atoms with van der Waals surface area (Å²) >= 11 is 0. The van der Waals surface area contributed by atoms with Crippen LogP contribution in [0.15, 0.2) is 42.5 Å². The molecule has 0 bridgehead atoms. The fourth-order valence-corrected chi connectivity index (χ4v) is 1.77. The first-order valence-electron chi connectivity index (χ1n) is 6.24. The number of nitro groups is 1. The molecular weight excluding hydrogens is 277 g/mol. The van der Waals surface area contributed by atoms with Crippen LogP contribution in [0.5, 0.6) is 5.75 Å². The molecule has 0 unspecified atom stereocenters. The van der Waals surface area contributed by atoms with Gasteiger partial charge in [0.15, 0.2) is 0 Å². The van der Waals surface area contributed by atoms with E-state index in [1.54, 1.807) is 24.3 Å². The monoisotopic (exact) mass is 291 g/mol. The van der Waals surface area contributed by atoms with Crippen molar-refractivity contribution in [3.63, 3.8) is 0 Å². The van der Waals surface area contributed by atoms with Crippen LogP contribution in [0, 0.1) is 15.9 Å². The molecule has 0 atom stereocenters. The molecule has 0 spiro atoms. The van der Waals surface area contributed by atoms with Crippen LogP contribution in [-0.2, 0) is 0 Å². The molecule has 0 aliphatic carbocycles. The number of nitrogens with one attached hydrogen (secondary N) is 1. The highest BCUT2D eigenvalue weighted by molar-refractivity contribution is 5.70. The Balaban J connectivity index is 2.19. The lowest BCUT2D eigenvalue weighted by atomic mass is 10.2. The maximum atomic E-state index is 13.5. The molecule has 0 radical (unpaired) electrons. The first-order chi connectivity index (χ1) is 10.1. The molecule has 0 aliphatic rings. The number of rotatable bonds is 6. The van der Waals surface area contributed by atoms with Crippen molar-refractivity contribution in [2.24, 2.45) is 5.73 Å². The minimum atomic E-state index is -0.882. The summed E-state index contributed by atoms with van der Waals surface area (Å²) in [5.41, 5.74) is 5.43. The Kier molecular flexibility index (Phi) is 4.68. The Hall–Kier alpha value is -2.67. The van der Waals surface area contributed by atoms with E-state index in [0.717, 1.165) is 6.07 Å². The third-order valence-corrected chi connectivity index (χ3v) is 2.69. The van der Waals surface area contributed by atoms with Crippen molar-refractivity contribution in [2.45, 2.75) is 0 Å². The lowest BCUT2D eigenvalue weighted by Gasteiger charge is -2.09. The summed E-state index contributed by atoms with van der Waals surface area (Å²) in [7, 11) is 0. The average molecular weight is 291 g/mol. The van der Waals surface area contributed by atoms with Crippen LogP contribution >= 0.6 is 0 Å². The van der Waals surface area contributed by atoms with Crippen molar-refractivity contribution in [2.75, 3.05) is 18.5 Å². The molecule has 2 aromatic carbocycles. The molecule has 3 N–H and O–H groups in total. The Morgan fingerprint density at radius 3 is 2.57 bits per heavy atom. The predicted octanol–water partition coefficient (Wildman–Crippen LogP) is 2.82. The van der Waals surface area contributed by atoms with Gasteiger partial charge >= 0.3 is 5.69 Å². The molecule has 21 heavy (non-hydrogen) atoms. The molecule has 0 heterocycles. The molecule has 0 fully saturated rings. The van der Waals surface area contributed by atoms with E-state index in [1.165, 1.54) is 12.1 Å². The topological polar surface area (TPSA) is 90.4 Å². The maximum absolute atomic E-state index is 13.5. The van der Waals surface area contributed by atoms with Crippen LogP contribution in [-0.4, -0.2) is 18.1 Å². The zero-order valence-electron chi connectivity index (χ0n) is 11.1. The Morgan fingerprint density at radius 2 is 1.95 bits per heavy atom. The standard InChI is InChI=1S/C14H14FN3O3/c15-12-2-1-3-13(14(12)18(19)20)17-10-4-6-11(7-5-10)21-9-8-16/h1-7,17H,8-9,16H2. The summed E-state index contributed by atoms with van der Waals surface area (Å²) in [5.74, 6) is -0.243. The van der Waals surface area contributed by atoms with Crippen LogP contribution in [0.2, 0.25) is 0 Å². The Bertz CT molecular complexity index is 632. The summed E-state index contributed by atoms with van der Waals surface area (Å²) < 4.78 is 18.8. The molecule has 0 saturated heterocycles. The van der Waals surface area contributed by atoms with E-state index in [0.29, 0.717) is 24.6 Å². The number of nitrogens with zero attached hydrogens (tertiary/aromatic N) is 1. The number of benzene rings is 2. The summed E-state index contributed by atoms with van der Waals surface area (Å²) in [6, 6.07) is 10.7. The summed E-state index contributed by atoms with van der Waals surface area (Å²) in [5, 5.41) is 13.7. The van der Waals surface area contributed by atoms with Crippen molar-refractivity contribution in [3.8, 4) is 5.75 Å². The normalized spacial score (nSPS) is 10.2. The first-order valence-corrected chi connectivity index (χ1v) is 6.24. The largest absolute Gasteiger partial charge is 0.492 e. The molecular formula is C14H14FN3O3. The lowest BCUT2D eigenvalue weighted by Crippen LogP contribution is -2.10. The second kappa shape index (κ2) is 6.67. The number of ether oxygens (including phenoxy) is 1. The number of para-hydroxylation sites is 1. The van der Waals surface area contributed by atoms with Crippen molar-refractivity contribution in [1.82, 2.24) is 0 Å². The van der Waals surface area contributed by atoms with E-state index in [2.05, 4.69) is 5.32 Å². The van der Waals surface area contributed by atoms with Crippen LogP contribution in [0.1, 0.15) is 0 Å². The third-order valence-electron chi connectivity index (χ3n) is 2.69. The zero-order valence-corrected chi connectivity index (χ0v) is 11.1. The minimum Gasteiger partial charge on any atom is -0.492 e. The van der Waals surface area contributed by atoms with E-state index >= 15 is 0 Å². The van der Waals surface area contributed by atoms with Crippen molar-refractivity contribution >= 4 is 17.1 Å². The van der Waals surface area contributed by atoms with Gasteiger partial charge < -0.3 is 15.8 Å². The lowest BCUT2D eigenvalue weighted by molar-refractivity contribution is -0.386. The van der Waals surface area contributed by atoms with E-state index in [9.17, 15) is 14.5 Å². The number of hydrogen-bond acceptors (Lipinski definition) is 5. The third kappa shape index (κ3) is 3.67. The number of halogens is 1. The maximum Gasteiger partial charge on any atom is 0.327 e. The molecule has 0 amide bonds. The van der Waals surface area contributed by atoms with Gasteiger partial charge in [0, 0.05) is 12.2 Å². The van der Waals surface area contributed by atoms with Gasteiger partial charge in [-0.3, -0.25) is 10.1 Å². The average Bonchev–Trinajstić information content (AvgIpc) is 2.46. The fraction of sp³-hybridized carbons (Fsp3) is 0.143. The summed E-state index contributed by atoms with van der Waals surface area (Å²) in [4.78, 5) is 10.1. The molecule has 7 heteroatoms. The van der Waals surface area contributed by atoms with Crippen molar-refractivity contribution in [1.29, 1.82) is 0 Å². The van der Waals surface area contributed by atoms with Gasteiger partial charge in [0.1, 0.15) is 18.0 Å². The smallest absolute Gasteiger partial charge is 0.327 e. The van der Waals surface area contributed by atoms with Gasteiger partial charge in [-0.2, -0.15) is 4.39 Å². The van der Waals surface area contributed by atoms with Crippen molar-refractivity contribution < 1.29 is 14.1 Å². The van der Waals surface area contributed by atoms with Gasteiger partial charge in [0.2, 0.25) is 5.82 Å². The molecule has 2 aromatic rings. The van der Waals surface area contributed by atoms with E-state index in [4.69, 9.17) is 10.5 Å². The second-order valence-corrected chi connectivity index (χ2v) is 4.18. The highest BCUT2D eigenvalue weighted by Crippen LogP contribution is 2.30. The van der Waals surface area contributed by atoms with Gasteiger partial charge in [0.25, 0.3) is 0 Å². The molecule has 2 rings (SSSR count). The second-order valence-electron chi connectivity index (χ2n) is 4.18. The molecule has 0 aliphatic heterocycles. The Labute approximate surface area is 120 Å². The van der Waals surface area contributed by atoms with Gasteiger partial charge in [-0.05, 0) is 36.4 Å². The summed E-state index contributed by atoms with van der Waals surface area (Å²) in [6.07, 6.45) is 0. The number of anilines is 2. The van der Waals surface area contributed by atoms with E-state index < -0.39 is 16.4 Å². The first kappa shape index (κ1) is 14.7. The Morgan fingerprint density at radius 1 is 1.24 bits per heavy atom. The van der Waals surface area contributed by atoms with Crippen LogP contribution < -0.4 is 15.8 Å². The predicted molar refractivity (Wildman–Crippen MR) is 77.3 cm³/mol. The van der Waals surface area contributed by atoms with Gasteiger partial charge in [-0.25, -0.2) is 0 Å². The molecule has 0 aromatic heterocycles. The van der Waals surface area contributed by atoms with Gasteiger partial charge in [-0.1, -0.05) is 6.07 Å². The quantitative estimate of drug-likeness (QED) is 0.631.